The number of nitrogens with zero attached hydrogens (tertiary/aromatic N) is 2. The fourth-order valence-corrected chi connectivity index (χ4v) is 15.9. The van der Waals surface area contributed by atoms with Crippen LogP contribution in [0.5, 0.6) is 0 Å². The Hall–Kier alpha value is -11.0. The van der Waals surface area contributed by atoms with E-state index in [1.807, 2.05) is 0 Å². The van der Waals surface area contributed by atoms with Crippen LogP contribution in [0, 0.1) is 0 Å². The SMILES string of the molecule is c1ccc(-c2ccc(N3c4cc5ccc6ccccc6c5cc4B4c5cc6c(ccc7ccccc76)cc5N(c5ccc(-c6ccccc6)cc5)c5cc(-c6ccc7c(c6)-c6ccccc6C76c7ccccc7-c7ccccc76)cc3c54)cc2)cc1. The lowest BCUT2D eigenvalue weighted by molar-refractivity contribution is 0.794. The highest BCUT2D eigenvalue weighted by Crippen LogP contribution is 2.63. The van der Waals surface area contributed by atoms with Crippen molar-refractivity contribution < 1.29 is 0 Å². The maximum Gasteiger partial charge on any atom is 0.252 e. The number of rotatable bonds is 5. The first kappa shape index (κ1) is 47.5. The molecule has 3 heteroatoms. The predicted octanol–water partition coefficient (Wildman–Crippen LogP) is 19.7. The molecule has 15 aromatic carbocycles. The van der Waals surface area contributed by atoms with Gasteiger partial charge in [0.1, 0.15) is 0 Å². The van der Waals surface area contributed by atoms with E-state index in [0.717, 1.165) is 16.9 Å². The maximum atomic E-state index is 2.60. The molecule has 0 N–H and O–H groups in total. The smallest absolute Gasteiger partial charge is 0.252 e. The molecular formula is C83H51BN2. The van der Waals surface area contributed by atoms with E-state index in [-0.39, 0.29) is 6.71 Å². The molecule has 0 amide bonds. The lowest BCUT2D eigenvalue weighted by Crippen LogP contribution is -2.61. The molecule has 0 radical (unpaired) electrons. The van der Waals surface area contributed by atoms with E-state index in [4.69, 9.17) is 0 Å². The normalized spacial score (nSPS) is 13.6. The van der Waals surface area contributed by atoms with Gasteiger partial charge in [0.05, 0.1) is 5.41 Å². The summed E-state index contributed by atoms with van der Waals surface area (Å²) in [6.45, 7) is -0.125. The summed E-state index contributed by atoms with van der Waals surface area (Å²) in [5, 5.41) is 9.97. The topological polar surface area (TPSA) is 6.48 Å². The molecule has 15 aromatic rings. The lowest BCUT2D eigenvalue weighted by Gasteiger charge is -2.45. The first-order valence-electron chi connectivity index (χ1n) is 30.1. The highest BCUT2D eigenvalue weighted by Gasteiger charge is 2.52. The van der Waals surface area contributed by atoms with Gasteiger partial charge in [-0.05, 0) is 192 Å². The zero-order valence-corrected chi connectivity index (χ0v) is 46.9. The van der Waals surface area contributed by atoms with Crippen molar-refractivity contribution in [3.63, 3.8) is 0 Å². The molecule has 86 heavy (non-hydrogen) atoms. The van der Waals surface area contributed by atoms with E-state index >= 15 is 0 Å². The minimum atomic E-state index is -0.437. The van der Waals surface area contributed by atoms with Gasteiger partial charge >= 0.3 is 0 Å². The molecular weight excluding hydrogens is 1040 g/mol. The van der Waals surface area contributed by atoms with Gasteiger partial charge in [-0.1, -0.05) is 255 Å². The van der Waals surface area contributed by atoms with Crippen LogP contribution in [0.3, 0.4) is 0 Å². The Morgan fingerprint density at radius 1 is 0.233 bits per heavy atom. The summed E-state index contributed by atoms with van der Waals surface area (Å²) in [4.78, 5) is 5.19. The summed E-state index contributed by atoms with van der Waals surface area (Å²) < 4.78 is 0. The van der Waals surface area contributed by atoms with Crippen molar-refractivity contribution in [2.24, 2.45) is 0 Å². The Kier molecular flexibility index (Phi) is 9.94. The average molecular weight is 1090 g/mol. The minimum Gasteiger partial charge on any atom is -0.311 e. The summed E-state index contributed by atoms with van der Waals surface area (Å²) >= 11 is 0. The molecule has 19 rings (SSSR count). The summed E-state index contributed by atoms with van der Waals surface area (Å²) in [6.07, 6.45) is 0. The Morgan fingerprint density at radius 2 is 0.616 bits per heavy atom. The van der Waals surface area contributed by atoms with Gasteiger partial charge in [-0.2, -0.15) is 0 Å². The maximum absolute atomic E-state index is 2.60. The number of hydrogen-bond donors (Lipinski definition) is 0. The number of hydrogen-bond acceptors (Lipinski definition) is 2. The molecule has 0 atom stereocenters. The van der Waals surface area contributed by atoms with Crippen LogP contribution in [0.15, 0.2) is 309 Å². The van der Waals surface area contributed by atoms with Gasteiger partial charge < -0.3 is 9.80 Å². The van der Waals surface area contributed by atoms with Crippen molar-refractivity contribution >= 4 is 100 Å². The predicted molar refractivity (Wildman–Crippen MR) is 363 cm³/mol. The summed E-state index contributed by atoms with van der Waals surface area (Å²) in [5.41, 5.74) is 28.1. The van der Waals surface area contributed by atoms with E-state index in [2.05, 4.69) is 319 Å². The van der Waals surface area contributed by atoms with Crippen molar-refractivity contribution in [3.8, 4) is 55.6 Å². The van der Waals surface area contributed by atoms with Gasteiger partial charge in [-0.3, -0.25) is 0 Å². The van der Waals surface area contributed by atoms with Crippen LogP contribution in [0.4, 0.5) is 34.1 Å². The highest BCUT2D eigenvalue weighted by molar-refractivity contribution is 7.00. The monoisotopic (exact) mass is 1090 g/mol. The molecule has 0 saturated heterocycles. The van der Waals surface area contributed by atoms with E-state index in [0.29, 0.717) is 0 Å². The van der Waals surface area contributed by atoms with Crippen molar-refractivity contribution in [2.75, 3.05) is 9.80 Å². The first-order chi connectivity index (χ1) is 42.6. The van der Waals surface area contributed by atoms with Crippen LogP contribution in [0.1, 0.15) is 22.3 Å². The molecule has 2 heterocycles. The standard InChI is InChI=1S/C83H51BN2/c1-3-17-52(18-4-1)54-35-40-62(41-36-54)85-78-46-59-33-31-56-21-7-9-23-64(56)69(59)50-76(78)84-77-51-70-60(34-32-57-22-8-10-24-65(57)70)47-79(77)86(63-42-37-55(38-43-63)53-19-5-2-6-20-53)81-49-61(48-80(85)82(81)84)58-39-44-75-71(45-58)68-27-13-16-30-74(68)83(75)72-28-14-11-25-66(72)67-26-12-15-29-73(67)83/h1-51H. The molecule has 0 saturated carbocycles. The third-order valence-electron chi connectivity index (χ3n) is 19.6. The Morgan fingerprint density at radius 3 is 1.10 bits per heavy atom. The molecule has 0 unspecified atom stereocenters. The zero-order valence-electron chi connectivity index (χ0n) is 46.9. The van der Waals surface area contributed by atoms with Gasteiger partial charge in [0.15, 0.2) is 0 Å². The summed E-state index contributed by atoms with van der Waals surface area (Å²) in [5.74, 6) is 0. The third kappa shape index (κ3) is 6.63. The van der Waals surface area contributed by atoms with Gasteiger partial charge in [-0.25, -0.2) is 0 Å². The van der Waals surface area contributed by atoms with Crippen molar-refractivity contribution in [1.29, 1.82) is 0 Å². The Labute approximate surface area is 499 Å². The Bertz CT molecular complexity index is 5080. The highest BCUT2D eigenvalue weighted by atomic mass is 15.2. The molecule has 2 aliphatic carbocycles. The van der Waals surface area contributed by atoms with Crippen LogP contribution in [-0.2, 0) is 5.41 Å². The molecule has 1 spiro atoms. The van der Waals surface area contributed by atoms with Gasteiger partial charge in [0.25, 0.3) is 6.71 Å². The number of fused-ring (bicyclic) bond motifs is 20. The lowest BCUT2D eigenvalue weighted by atomic mass is 9.33. The fourth-order valence-electron chi connectivity index (χ4n) is 15.9. The van der Waals surface area contributed by atoms with E-state index in [9.17, 15) is 0 Å². The first-order valence-corrected chi connectivity index (χ1v) is 30.1. The average Bonchev–Trinajstić information content (AvgIpc) is 1.67. The second kappa shape index (κ2) is 18.0. The van der Waals surface area contributed by atoms with Crippen molar-refractivity contribution in [2.45, 2.75) is 5.41 Å². The summed E-state index contributed by atoms with van der Waals surface area (Å²) in [7, 11) is 0. The summed E-state index contributed by atoms with van der Waals surface area (Å²) in [6, 6.07) is 117. The zero-order chi connectivity index (χ0) is 56.2. The van der Waals surface area contributed by atoms with Crippen molar-refractivity contribution in [3.05, 3.63) is 332 Å². The molecule has 0 fully saturated rings. The number of benzene rings is 15. The second-order valence-electron chi connectivity index (χ2n) is 23.8. The molecule has 2 aliphatic heterocycles. The van der Waals surface area contributed by atoms with Crippen LogP contribution < -0.4 is 26.2 Å². The fraction of sp³-hybridized carbons (Fsp3) is 0.0120. The largest absolute Gasteiger partial charge is 0.311 e. The second-order valence-corrected chi connectivity index (χ2v) is 23.8. The molecule has 2 nitrogen and oxygen atoms in total. The molecule has 0 bridgehead atoms. The van der Waals surface area contributed by atoms with Crippen LogP contribution >= 0.6 is 0 Å². The van der Waals surface area contributed by atoms with Gasteiger partial charge in [0.2, 0.25) is 0 Å². The Balaban J connectivity index is 0.919. The van der Waals surface area contributed by atoms with E-state index in [1.54, 1.807) is 0 Å². The van der Waals surface area contributed by atoms with Crippen LogP contribution in [0.2, 0.25) is 0 Å². The molecule has 0 aromatic heterocycles. The van der Waals surface area contributed by atoms with Gasteiger partial charge in [-0.15, -0.1) is 0 Å². The minimum absolute atomic E-state index is 0.125. The molecule has 4 aliphatic rings. The third-order valence-corrected chi connectivity index (χ3v) is 19.6. The van der Waals surface area contributed by atoms with Crippen LogP contribution in [0.25, 0.3) is 98.7 Å². The van der Waals surface area contributed by atoms with E-state index in [1.165, 1.54) is 155 Å². The number of anilines is 6. The molecule has 396 valence electrons. The van der Waals surface area contributed by atoms with E-state index < -0.39 is 5.41 Å². The van der Waals surface area contributed by atoms with Crippen molar-refractivity contribution in [1.82, 2.24) is 0 Å². The quantitative estimate of drug-likeness (QED) is 0.125. The van der Waals surface area contributed by atoms with Gasteiger partial charge in [0, 0.05) is 34.1 Å². The van der Waals surface area contributed by atoms with Crippen LogP contribution in [-0.4, -0.2) is 6.71 Å².